The number of rotatable bonds is 4. The predicted molar refractivity (Wildman–Crippen MR) is 187 cm³/mol. The third-order valence-electron chi connectivity index (χ3n) is 8.25. The summed E-state index contributed by atoms with van der Waals surface area (Å²) in [6, 6.07) is 9.13. The number of nitrogens with one attached hydrogen (secondary N) is 4. The van der Waals surface area contributed by atoms with Crippen LogP contribution in [0.15, 0.2) is 54.0 Å². The van der Waals surface area contributed by atoms with Crippen LogP contribution >= 0.6 is 11.3 Å². The molecule has 0 radical (unpaired) electrons. The van der Waals surface area contributed by atoms with E-state index in [1.165, 1.54) is 41.2 Å². The van der Waals surface area contributed by atoms with Gasteiger partial charge in [-0.1, -0.05) is 44.2 Å². The van der Waals surface area contributed by atoms with E-state index in [1.807, 2.05) is 30.3 Å². The largest absolute Gasteiger partial charge is 0.345 e. The molecule has 0 unspecified atom stereocenters. The zero-order valence-corrected chi connectivity index (χ0v) is 29.9. The van der Waals surface area contributed by atoms with Crippen molar-refractivity contribution in [1.82, 2.24) is 41.0 Å². The van der Waals surface area contributed by atoms with E-state index in [0.717, 1.165) is 11.3 Å². The average Bonchev–Trinajstić information content (AvgIpc) is 3.58. The van der Waals surface area contributed by atoms with Crippen LogP contribution in [0, 0.1) is 12.8 Å². The van der Waals surface area contributed by atoms with E-state index in [9.17, 15) is 28.8 Å². The molecule has 15 heteroatoms. The summed E-state index contributed by atoms with van der Waals surface area (Å²) in [6.07, 6.45) is 1.79. The summed E-state index contributed by atoms with van der Waals surface area (Å²) in [5, 5.41) is 13.0. The lowest BCUT2D eigenvalue weighted by Crippen LogP contribution is -2.57. The molecule has 14 nitrogen and oxygen atoms in total. The normalized spacial score (nSPS) is 21.9. The minimum absolute atomic E-state index is 0.00345. The molecule has 4 rings (SSSR count). The topological polar surface area (TPSA) is 183 Å². The number of aromatic nitrogens is 2. The van der Waals surface area contributed by atoms with Crippen molar-refractivity contribution in [2.24, 2.45) is 5.92 Å². The van der Waals surface area contributed by atoms with Gasteiger partial charge in [0.05, 0.1) is 18.2 Å². The van der Waals surface area contributed by atoms with Crippen LogP contribution in [0.4, 0.5) is 0 Å². The third kappa shape index (κ3) is 9.94. The minimum atomic E-state index is -1.02. The van der Waals surface area contributed by atoms with Gasteiger partial charge in [-0.15, -0.1) is 11.3 Å². The molecular weight excluding hydrogens is 661 g/mol. The Morgan fingerprint density at radius 1 is 0.920 bits per heavy atom. The zero-order chi connectivity index (χ0) is 36.5. The molecule has 266 valence electrons. The van der Waals surface area contributed by atoms with Crippen molar-refractivity contribution in [2.45, 2.75) is 65.2 Å². The molecule has 3 aromatic rings. The van der Waals surface area contributed by atoms with E-state index in [2.05, 4.69) is 31.2 Å². The van der Waals surface area contributed by atoms with E-state index in [0.29, 0.717) is 11.4 Å². The van der Waals surface area contributed by atoms with Gasteiger partial charge in [0, 0.05) is 37.4 Å². The lowest BCUT2D eigenvalue weighted by Gasteiger charge is -2.29. The molecule has 1 aliphatic heterocycles. The van der Waals surface area contributed by atoms with Crippen molar-refractivity contribution < 1.29 is 28.8 Å². The Balaban J connectivity index is 1.69. The molecule has 4 N–H and O–H groups in total. The molecule has 0 saturated carbocycles. The number of hydrogen-bond acceptors (Lipinski definition) is 9. The number of carbonyl (C=O) groups is 6. The second-order valence-corrected chi connectivity index (χ2v) is 13.6. The molecule has 3 heterocycles. The van der Waals surface area contributed by atoms with Crippen LogP contribution in [0.2, 0.25) is 0 Å². The van der Waals surface area contributed by atoms with Gasteiger partial charge >= 0.3 is 0 Å². The molecule has 1 aromatic carbocycles. The number of likely N-dealkylation sites (N-methyl/N-ethyl adjacent to an activating group) is 1. The maximum Gasteiger partial charge on any atom is 0.271 e. The summed E-state index contributed by atoms with van der Waals surface area (Å²) in [6.45, 7) is 8.02. The van der Waals surface area contributed by atoms with Crippen molar-refractivity contribution in [3.05, 3.63) is 81.6 Å². The second-order valence-electron chi connectivity index (χ2n) is 12.7. The van der Waals surface area contributed by atoms with Gasteiger partial charge < -0.3 is 31.1 Å². The van der Waals surface area contributed by atoms with Gasteiger partial charge in [0.15, 0.2) is 0 Å². The molecule has 0 aliphatic carbocycles. The molecule has 2 bridgehead atoms. The van der Waals surface area contributed by atoms with Gasteiger partial charge in [-0.2, -0.15) is 0 Å². The van der Waals surface area contributed by atoms with E-state index in [-0.39, 0.29) is 36.8 Å². The van der Waals surface area contributed by atoms with Crippen LogP contribution in [0.5, 0.6) is 0 Å². The summed E-state index contributed by atoms with van der Waals surface area (Å²) < 4.78 is 0. The van der Waals surface area contributed by atoms with Crippen molar-refractivity contribution in [3.63, 3.8) is 0 Å². The van der Waals surface area contributed by atoms with Gasteiger partial charge in [0.1, 0.15) is 28.8 Å². The molecule has 6 amide bonds. The van der Waals surface area contributed by atoms with Crippen molar-refractivity contribution in [3.8, 4) is 0 Å². The minimum Gasteiger partial charge on any atom is -0.345 e. The summed E-state index contributed by atoms with van der Waals surface area (Å²) >= 11 is 1.18. The Hall–Kier alpha value is -5.18. The molecule has 4 atom stereocenters. The average molecular weight is 705 g/mol. The summed E-state index contributed by atoms with van der Waals surface area (Å²) in [5.41, 5.74) is 1.96. The predicted octanol–water partition coefficient (Wildman–Crippen LogP) is 1.62. The van der Waals surface area contributed by atoms with Crippen molar-refractivity contribution in [1.29, 1.82) is 0 Å². The first-order valence-corrected chi connectivity index (χ1v) is 17.3. The van der Waals surface area contributed by atoms with Crippen LogP contribution in [0.1, 0.15) is 70.8 Å². The standard InChI is InChI=1S/C35H44N8O6S/c1-20(2)29-32(47)38-23(5)34(48)42(6)14-15-43(35(49)25-13-12-21(3)36-17-25)18-28(44)39-26(16-24-10-8-7-9-11-24)33-40-27(19-50-33)31(46)37-22(4)30(45)41-29/h7-13,17,19-20,22-23,26,29H,14-16,18H2,1-6H3,(H,37,46)(H,38,47)(H,39,44)(H,41,45)/t22-,23+,26-,29-/m0/s1. The smallest absolute Gasteiger partial charge is 0.271 e. The molecular formula is C35H44N8O6S. The first-order valence-electron chi connectivity index (χ1n) is 16.4. The van der Waals surface area contributed by atoms with Gasteiger partial charge in [-0.05, 0) is 50.8 Å². The Labute approximate surface area is 295 Å². The number of carbonyl (C=O) groups excluding carboxylic acids is 6. The maximum absolute atomic E-state index is 13.7. The Morgan fingerprint density at radius 3 is 2.30 bits per heavy atom. The van der Waals surface area contributed by atoms with Gasteiger partial charge in [0.25, 0.3) is 11.8 Å². The Morgan fingerprint density at radius 2 is 1.64 bits per heavy atom. The summed E-state index contributed by atoms with van der Waals surface area (Å²) in [4.78, 5) is 91.7. The third-order valence-corrected chi connectivity index (χ3v) is 9.21. The number of benzene rings is 1. The lowest BCUT2D eigenvalue weighted by atomic mass is 10.0. The number of pyridine rings is 1. The second kappa shape index (κ2) is 17.0. The highest BCUT2D eigenvalue weighted by molar-refractivity contribution is 7.09. The van der Waals surface area contributed by atoms with Crippen LogP contribution in [0.25, 0.3) is 0 Å². The van der Waals surface area contributed by atoms with E-state index in [1.54, 1.807) is 45.3 Å². The number of thiazole rings is 1. The van der Waals surface area contributed by atoms with Crippen LogP contribution in [0.3, 0.4) is 0 Å². The fourth-order valence-corrected chi connectivity index (χ4v) is 6.12. The summed E-state index contributed by atoms with van der Waals surface area (Å²) in [7, 11) is 1.54. The van der Waals surface area contributed by atoms with Gasteiger partial charge in [-0.3, -0.25) is 33.8 Å². The summed E-state index contributed by atoms with van der Waals surface area (Å²) in [5.74, 6) is -3.48. The highest BCUT2D eigenvalue weighted by atomic mass is 32.1. The Kier molecular flexibility index (Phi) is 12.8. The zero-order valence-electron chi connectivity index (χ0n) is 29.1. The molecule has 50 heavy (non-hydrogen) atoms. The first kappa shape index (κ1) is 37.6. The number of fused-ring (bicyclic) bond motifs is 2. The van der Waals surface area contributed by atoms with Crippen molar-refractivity contribution >= 4 is 46.8 Å². The maximum atomic E-state index is 13.7. The molecule has 0 fully saturated rings. The Bertz CT molecular complexity index is 1700. The fourth-order valence-electron chi connectivity index (χ4n) is 5.27. The van der Waals surface area contributed by atoms with E-state index >= 15 is 0 Å². The highest BCUT2D eigenvalue weighted by Gasteiger charge is 2.31. The van der Waals surface area contributed by atoms with Gasteiger partial charge in [0.2, 0.25) is 23.6 Å². The molecule has 0 spiro atoms. The molecule has 0 saturated heterocycles. The van der Waals surface area contributed by atoms with Gasteiger partial charge in [-0.25, -0.2) is 4.98 Å². The number of amides is 6. The molecule has 1 aliphatic rings. The van der Waals surface area contributed by atoms with E-state index in [4.69, 9.17) is 0 Å². The fraction of sp³-hybridized carbons (Fsp3) is 0.429. The van der Waals surface area contributed by atoms with Crippen LogP contribution in [-0.4, -0.2) is 100 Å². The first-order chi connectivity index (χ1) is 23.7. The molecule has 2 aromatic heterocycles. The SMILES string of the molecule is Cc1ccc(C(=O)N2CCN(C)C(=O)[C@@H](C)NC(=O)[C@H](C(C)C)NC(=O)[C@H](C)NC(=O)c3csc(n3)[C@H](Cc3ccccc3)NC(=O)C2)cn1. The quantitative estimate of drug-likeness (QED) is 0.316. The van der Waals surface area contributed by atoms with Crippen LogP contribution < -0.4 is 21.3 Å². The van der Waals surface area contributed by atoms with Crippen LogP contribution in [-0.2, 0) is 25.6 Å². The van der Waals surface area contributed by atoms with Crippen molar-refractivity contribution in [2.75, 3.05) is 26.7 Å². The highest BCUT2D eigenvalue weighted by Crippen LogP contribution is 2.23. The number of aryl methyl sites for hydroxylation is 1. The number of nitrogens with zero attached hydrogens (tertiary/aromatic N) is 4. The van der Waals surface area contributed by atoms with E-state index < -0.39 is 59.6 Å². The lowest BCUT2D eigenvalue weighted by molar-refractivity contribution is -0.136. The monoisotopic (exact) mass is 704 g/mol. The number of hydrogen-bond donors (Lipinski definition) is 4.